The van der Waals surface area contributed by atoms with Crippen LogP contribution in [0.25, 0.3) is 0 Å². The number of piperidine rings is 1. The van der Waals surface area contributed by atoms with Crippen molar-refractivity contribution in [2.24, 2.45) is 5.73 Å². The van der Waals surface area contributed by atoms with Crippen LogP contribution in [0.1, 0.15) is 12.8 Å². The molecule has 0 radical (unpaired) electrons. The Hall–Kier alpha value is -1.51. The molecule has 6 nitrogen and oxygen atoms in total. The fourth-order valence-electron chi connectivity index (χ4n) is 2.42. The third-order valence-electron chi connectivity index (χ3n) is 3.43. The Labute approximate surface area is 123 Å². The summed E-state index contributed by atoms with van der Waals surface area (Å²) in [6.45, 7) is 0.931. The molecule has 1 aliphatic rings. The van der Waals surface area contributed by atoms with E-state index in [2.05, 4.69) is 5.32 Å². The highest BCUT2D eigenvalue weighted by Gasteiger charge is 2.33. The number of nitrogens with zero attached hydrogens (tertiary/aromatic N) is 1. The third kappa shape index (κ3) is 3.78. The van der Waals surface area contributed by atoms with Crippen LogP contribution in [0.5, 0.6) is 0 Å². The number of amides is 1. The molecule has 1 aromatic carbocycles. The van der Waals surface area contributed by atoms with Crippen molar-refractivity contribution in [1.29, 1.82) is 0 Å². The van der Waals surface area contributed by atoms with E-state index in [0.29, 0.717) is 25.9 Å². The molecule has 0 saturated carbocycles. The minimum absolute atomic E-state index is 0.165. The molecule has 0 spiro atoms. The SMILES string of the molecule is NC(=O)CN(C1CCNCC1)S(=O)(=O)c1cccc(F)c1. The number of nitrogens with one attached hydrogen (secondary N) is 1. The molecule has 21 heavy (non-hydrogen) atoms. The van der Waals surface area contributed by atoms with Gasteiger partial charge in [-0.15, -0.1) is 0 Å². The van der Waals surface area contributed by atoms with Gasteiger partial charge >= 0.3 is 0 Å². The van der Waals surface area contributed by atoms with Crippen molar-refractivity contribution in [3.63, 3.8) is 0 Å². The van der Waals surface area contributed by atoms with Gasteiger partial charge in [0.05, 0.1) is 11.4 Å². The van der Waals surface area contributed by atoms with Crippen molar-refractivity contribution in [2.45, 2.75) is 23.8 Å². The number of sulfonamides is 1. The van der Waals surface area contributed by atoms with E-state index in [-0.39, 0.29) is 10.9 Å². The average Bonchev–Trinajstić information content (AvgIpc) is 2.45. The Bertz CT molecular complexity index is 615. The van der Waals surface area contributed by atoms with Gasteiger partial charge in [0.2, 0.25) is 15.9 Å². The van der Waals surface area contributed by atoms with Crippen molar-refractivity contribution in [2.75, 3.05) is 19.6 Å². The number of primary amides is 1. The maximum Gasteiger partial charge on any atom is 0.243 e. The molecule has 116 valence electrons. The largest absolute Gasteiger partial charge is 0.369 e. The van der Waals surface area contributed by atoms with E-state index >= 15 is 0 Å². The molecule has 0 bridgehead atoms. The lowest BCUT2D eigenvalue weighted by atomic mass is 10.1. The van der Waals surface area contributed by atoms with Crippen LogP contribution in [0.4, 0.5) is 4.39 Å². The first-order valence-electron chi connectivity index (χ1n) is 6.67. The summed E-state index contributed by atoms with van der Waals surface area (Å²) in [7, 11) is -3.95. The first kappa shape index (κ1) is 15.9. The third-order valence-corrected chi connectivity index (χ3v) is 5.32. The maximum atomic E-state index is 13.3. The smallest absolute Gasteiger partial charge is 0.243 e. The molecule has 0 atom stereocenters. The first-order valence-corrected chi connectivity index (χ1v) is 8.11. The van der Waals surface area contributed by atoms with Gasteiger partial charge in [0.1, 0.15) is 5.82 Å². The topological polar surface area (TPSA) is 92.5 Å². The molecule has 1 fully saturated rings. The van der Waals surface area contributed by atoms with Gasteiger partial charge in [0.25, 0.3) is 0 Å². The van der Waals surface area contributed by atoms with Gasteiger partial charge in [-0.1, -0.05) is 6.07 Å². The Morgan fingerprint density at radius 2 is 2.05 bits per heavy atom. The molecule has 1 aromatic rings. The number of nitrogens with two attached hydrogens (primary N) is 1. The molecule has 1 saturated heterocycles. The van der Waals surface area contributed by atoms with Gasteiger partial charge in [-0.25, -0.2) is 12.8 Å². The van der Waals surface area contributed by atoms with Crippen molar-refractivity contribution < 1.29 is 17.6 Å². The maximum absolute atomic E-state index is 13.3. The fourth-order valence-corrected chi connectivity index (χ4v) is 4.10. The highest BCUT2D eigenvalue weighted by Crippen LogP contribution is 2.22. The first-order chi connectivity index (χ1) is 9.91. The highest BCUT2D eigenvalue weighted by atomic mass is 32.2. The second-order valence-electron chi connectivity index (χ2n) is 4.96. The number of hydrogen-bond acceptors (Lipinski definition) is 4. The molecule has 0 aliphatic carbocycles. The summed E-state index contributed by atoms with van der Waals surface area (Å²) >= 11 is 0. The zero-order valence-corrected chi connectivity index (χ0v) is 12.3. The molecule has 1 aliphatic heterocycles. The van der Waals surface area contributed by atoms with E-state index in [9.17, 15) is 17.6 Å². The van der Waals surface area contributed by atoms with Crippen LogP contribution < -0.4 is 11.1 Å². The van der Waals surface area contributed by atoms with Gasteiger partial charge < -0.3 is 11.1 Å². The van der Waals surface area contributed by atoms with Crippen molar-refractivity contribution in [3.8, 4) is 0 Å². The zero-order chi connectivity index (χ0) is 15.5. The van der Waals surface area contributed by atoms with Gasteiger partial charge in [-0.2, -0.15) is 4.31 Å². The van der Waals surface area contributed by atoms with Crippen LogP contribution in [-0.4, -0.2) is 44.3 Å². The molecule has 3 N–H and O–H groups in total. The molecule has 0 aromatic heterocycles. The second kappa shape index (κ2) is 6.50. The number of benzene rings is 1. The number of carbonyl (C=O) groups excluding carboxylic acids is 1. The zero-order valence-electron chi connectivity index (χ0n) is 11.5. The fraction of sp³-hybridized carbons (Fsp3) is 0.462. The highest BCUT2D eigenvalue weighted by molar-refractivity contribution is 7.89. The van der Waals surface area contributed by atoms with E-state index in [0.717, 1.165) is 10.4 Å². The minimum atomic E-state index is -3.95. The van der Waals surface area contributed by atoms with E-state index in [4.69, 9.17) is 5.73 Å². The Kier molecular flexibility index (Phi) is 4.92. The molecule has 1 heterocycles. The summed E-state index contributed by atoms with van der Waals surface area (Å²) < 4.78 is 39.7. The monoisotopic (exact) mass is 315 g/mol. The molecule has 0 unspecified atom stereocenters. The Morgan fingerprint density at radius 3 is 2.62 bits per heavy atom. The molecular formula is C13H18FN3O3S. The standard InChI is InChI=1S/C13H18FN3O3S/c14-10-2-1-3-12(8-10)21(19,20)17(9-13(15)18)11-4-6-16-7-5-11/h1-3,8,11,16H,4-7,9H2,(H2,15,18). The lowest BCUT2D eigenvalue weighted by Crippen LogP contribution is -2.49. The number of carbonyl (C=O) groups is 1. The van der Waals surface area contributed by atoms with Crippen molar-refractivity contribution in [3.05, 3.63) is 30.1 Å². The van der Waals surface area contributed by atoms with Crippen LogP contribution >= 0.6 is 0 Å². The number of hydrogen-bond donors (Lipinski definition) is 2. The predicted octanol–water partition coefficient (Wildman–Crippen LogP) is 0.0537. The van der Waals surface area contributed by atoms with Crippen molar-refractivity contribution in [1.82, 2.24) is 9.62 Å². The average molecular weight is 315 g/mol. The van der Waals surface area contributed by atoms with Gasteiger partial charge in [-0.05, 0) is 44.1 Å². The summed E-state index contributed by atoms with van der Waals surface area (Å²) in [6, 6.07) is 4.44. The van der Waals surface area contributed by atoms with E-state index in [1.807, 2.05) is 0 Å². The van der Waals surface area contributed by atoms with Crippen LogP contribution in [-0.2, 0) is 14.8 Å². The molecular weight excluding hydrogens is 297 g/mol. The van der Waals surface area contributed by atoms with E-state index in [1.165, 1.54) is 18.2 Å². The van der Waals surface area contributed by atoms with Crippen LogP contribution in [0.2, 0.25) is 0 Å². The number of halogens is 1. The quantitative estimate of drug-likeness (QED) is 0.803. The Balaban J connectivity index is 2.36. The molecule has 8 heteroatoms. The second-order valence-corrected chi connectivity index (χ2v) is 6.85. The van der Waals surface area contributed by atoms with Crippen LogP contribution in [0, 0.1) is 5.82 Å². The number of rotatable bonds is 5. The van der Waals surface area contributed by atoms with Gasteiger partial charge in [0.15, 0.2) is 0 Å². The van der Waals surface area contributed by atoms with E-state index in [1.54, 1.807) is 0 Å². The van der Waals surface area contributed by atoms with E-state index < -0.39 is 28.3 Å². The summed E-state index contributed by atoms with van der Waals surface area (Å²) in [5.41, 5.74) is 5.17. The van der Waals surface area contributed by atoms with Gasteiger partial charge in [0, 0.05) is 6.04 Å². The lowest BCUT2D eigenvalue weighted by Gasteiger charge is -2.32. The molecule has 2 rings (SSSR count). The summed E-state index contributed by atoms with van der Waals surface area (Å²) in [4.78, 5) is 11.1. The Morgan fingerprint density at radius 1 is 1.38 bits per heavy atom. The van der Waals surface area contributed by atoms with Crippen LogP contribution in [0.15, 0.2) is 29.2 Å². The van der Waals surface area contributed by atoms with Crippen molar-refractivity contribution >= 4 is 15.9 Å². The summed E-state index contributed by atoms with van der Waals surface area (Å²) in [5.74, 6) is -1.37. The van der Waals surface area contributed by atoms with Gasteiger partial charge in [-0.3, -0.25) is 4.79 Å². The minimum Gasteiger partial charge on any atom is -0.369 e. The predicted molar refractivity (Wildman–Crippen MR) is 75.4 cm³/mol. The summed E-state index contributed by atoms with van der Waals surface area (Å²) in [6.07, 6.45) is 1.17. The lowest BCUT2D eigenvalue weighted by molar-refractivity contribution is -0.118. The molecule has 1 amide bonds. The summed E-state index contributed by atoms with van der Waals surface area (Å²) in [5, 5.41) is 3.13. The normalized spacial score (nSPS) is 17.0. The van der Waals surface area contributed by atoms with Crippen LogP contribution in [0.3, 0.4) is 0 Å².